The Balaban J connectivity index is 2.04. The van der Waals surface area contributed by atoms with Gasteiger partial charge in [0.05, 0.1) is 11.7 Å². The summed E-state index contributed by atoms with van der Waals surface area (Å²) in [6.45, 7) is 0.565. The summed E-state index contributed by atoms with van der Waals surface area (Å²) < 4.78 is 29.8. The number of hydrogen-bond acceptors (Lipinski definition) is 4. The van der Waals surface area contributed by atoms with Gasteiger partial charge in [-0.2, -0.15) is 17.0 Å². The second-order valence-electron chi connectivity index (χ2n) is 5.16. The van der Waals surface area contributed by atoms with Crippen LogP contribution in [0.4, 0.5) is 0 Å². The molecule has 0 aromatic carbocycles. The first kappa shape index (κ1) is 14.0. The highest BCUT2D eigenvalue weighted by molar-refractivity contribution is 7.86. The van der Waals surface area contributed by atoms with Crippen LogP contribution < -0.4 is 0 Å². The van der Waals surface area contributed by atoms with E-state index in [1.807, 2.05) is 16.0 Å². The minimum Gasteiger partial charge on any atom is -0.297 e. The van der Waals surface area contributed by atoms with Gasteiger partial charge in [-0.25, -0.2) is 4.98 Å². The quantitative estimate of drug-likeness (QED) is 0.867. The fraction of sp³-hybridized carbons (Fsp3) is 0.583. The van der Waals surface area contributed by atoms with Gasteiger partial charge in [0.1, 0.15) is 11.2 Å². The zero-order valence-electron chi connectivity index (χ0n) is 11.6. The molecule has 0 bridgehead atoms. The van der Waals surface area contributed by atoms with E-state index in [4.69, 9.17) is 0 Å². The second kappa shape index (κ2) is 5.10. The van der Waals surface area contributed by atoms with Crippen molar-refractivity contribution in [2.75, 3.05) is 20.6 Å². The number of rotatable bonds is 3. The monoisotopic (exact) mass is 314 g/mol. The van der Waals surface area contributed by atoms with Gasteiger partial charge in [0, 0.05) is 32.2 Å². The topological polar surface area (TPSA) is 57.9 Å². The molecular formula is C12H18N4O2S2. The number of hydrogen-bond donors (Lipinski definition) is 0. The first-order valence-electron chi connectivity index (χ1n) is 6.61. The van der Waals surface area contributed by atoms with Crippen molar-refractivity contribution in [3.05, 3.63) is 23.6 Å². The van der Waals surface area contributed by atoms with E-state index in [-0.39, 0.29) is 6.04 Å². The summed E-state index contributed by atoms with van der Waals surface area (Å²) >= 11 is 1.60. The number of piperidine rings is 1. The lowest BCUT2D eigenvalue weighted by Crippen LogP contribution is -2.44. The molecule has 0 radical (unpaired) electrons. The zero-order chi connectivity index (χ0) is 14.3. The number of thiazole rings is 1. The van der Waals surface area contributed by atoms with E-state index in [0.717, 1.165) is 29.8 Å². The molecule has 0 amide bonds. The van der Waals surface area contributed by atoms with E-state index in [0.29, 0.717) is 6.54 Å². The normalized spacial score (nSPS) is 21.9. The minimum absolute atomic E-state index is 0.153. The van der Waals surface area contributed by atoms with Crippen molar-refractivity contribution in [3.63, 3.8) is 0 Å². The number of nitrogens with zero attached hydrogens (tertiary/aromatic N) is 4. The average Bonchev–Trinajstić information content (AvgIpc) is 3.00. The van der Waals surface area contributed by atoms with Gasteiger partial charge in [-0.05, 0) is 12.8 Å². The van der Waals surface area contributed by atoms with Crippen molar-refractivity contribution in [3.8, 4) is 0 Å². The van der Waals surface area contributed by atoms with Crippen molar-refractivity contribution in [1.82, 2.24) is 18.0 Å². The summed E-state index contributed by atoms with van der Waals surface area (Å²) in [7, 11) is -0.248. The standard InChI is InChI=1S/C12H18N4O2S2/c1-14(2)20(17,18)16-6-4-3-5-10(16)11-12-15(9-13-11)7-8-19-12/h7-10H,3-6H2,1-2H3/t10-/m1/s1. The fourth-order valence-corrected chi connectivity index (χ4v) is 4.81. The minimum atomic E-state index is -3.40. The Bertz CT molecular complexity index is 704. The lowest BCUT2D eigenvalue weighted by atomic mass is 10.0. The van der Waals surface area contributed by atoms with Crippen molar-refractivity contribution >= 4 is 26.4 Å². The van der Waals surface area contributed by atoms with Crippen LogP contribution in [0.25, 0.3) is 4.83 Å². The lowest BCUT2D eigenvalue weighted by Gasteiger charge is -2.35. The van der Waals surface area contributed by atoms with Crippen LogP contribution in [0.1, 0.15) is 31.0 Å². The van der Waals surface area contributed by atoms with Crippen LogP contribution in [0, 0.1) is 0 Å². The molecule has 20 heavy (non-hydrogen) atoms. The first-order valence-corrected chi connectivity index (χ1v) is 8.89. The maximum absolute atomic E-state index is 12.5. The van der Waals surface area contributed by atoms with Crippen LogP contribution in [0.3, 0.4) is 0 Å². The maximum Gasteiger partial charge on any atom is 0.282 e. The molecule has 1 saturated heterocycles. The molecule has 8 heteroatoms. The van der Waals surface area contributed by atoms with Crippen LogP contribution in [-0.2, 0) is 10.2 Å². The predicted molar refractivity (Wildman–Crippen MR) is 79.0 cm³/mol. The van der Waals surface area contributed by atoms with Gasteiger partial charge < -0.3 is 0 Å². The highest BCUT2D eigenvalue weighted by Gasteiger charge is 2.36. The van der Waals surface area contributed by atoms with E-state index in [9.17, 15) is 8.42 Å². The number of imidazole rings is 1. The smallest absolute Gasteiger partial charge is 0.282 e. The Morgan fingerprint density at radius 1 is 1.40 bits per heavy atom. The molecular weight excluding hydrogens is 296 g/mol. The first-order chi connectivity index (χ1) is 9.51. The summed E-state index contributed by atoms with van der Waals surface area (Å²) in [5, 5.41) is 1.99. The molecule has 0 saturated carbocycles. The second-order valence-corrected chi connectivity index (χ2v) is 8.15. The van der Waals surface area contributed by atoms with Gasteiger partial charge >= 0.3 is 0 Å². The van der Waals surface area contributed by atoms with Crippen LogP contribution in [-0.4, -0.2) is 47.1 Å². The SMILES string of the molecule is CN(C)S(=O)(=O)N1CCCC[C@@H]1c1ncn2ccsc12. The van der Waals surface area contributed by atoms with Gasteiger partial charge in [-0.1, -0.05) is 6.42 Å². The molecule has 3 rings (SSSR count). The van der Waals surface area contributed by atoms with E-state index >= 15 is 0 Å². The van der Waals surface area contributed by atoms with Crippen LogP contribution in [0.15, 0.2) is 17.9 Å². The van der Waals surface area contributed by atoms with Gasteiger partial charge in [-0.3, -0.25) is 4.40 Å². The highest BCUT2D eigenvalue weighted by atomic mass is 32.2. The Labute approximate surface area is 122 Å². The third-order valence-corrected chi connectivity index (χ3v) is 6.56. The van der Waals surface area contributed by atoms with Crippen LogP contribution in [0.2, 0.25) is 0 Å². The molecule has 1 fully saturated rings. The molecule has 2 aromatic heterocycles. The van der Waals surface area contributed by atoms with Gasteiger partial charge in [0.2, 0.25) is 0 Å². The Hall–Kier alpha value is -0.960. The fourth-order valence-electron chi connectivity index (χ4n) is 2.64. The zero-order valence-corrected chi connectivity index (χ0v) is 13.2. The molecule has 0 N–H and O–H groups in total. The van der Waals surface area contributed by atoms with E-state index in [2.05, 4.69) is 4.98 Å². The summed E-state index contributed by atoms with van der Waals surface area (Å²) in [6.07, 6.45) is 6.48. The average molecular weight is 314 g/mol. The van der Waals surface area contributed by atoms with Gasteiger partial charge in [0.15, 0.2) is 0 Å². The third-order valence-electron chi connectivity index (χ3n) is 3.70. The Morgan fingerprint density at radius 3 is 2.95 bits per heavy atom. The van der Waals surface area contributed by atoms with Gasteiger partial charge in [0.25, 0.3) is 10.2 Å². The number of fused-ring (bicyclic) bond motifs is 1. The van der Waals surface area contributed by atoms with Crippen molar-refractivity contribution in [2.24, 2.45) is 0 Å². The summed E-state index contributed by atoms with van der Waals surface area (Å²) in [6, 6.07) is -0.153. The summed E-state index contributed by atoms with van der Waals surface area (Å²) in [4.78, 5) is 5.49. The molecule has 0 unspecified atom stereocenters. The molecule has 3 heterocycles. The Kier molecular flexibility index (Phi) is 3.57. The molecule has 1 atom stereocenters. The highest BCUT2D eigenvalue weighted by Crippen LogP contribution is 2.35. The maximum atomic E-state index is 12.5. The molecule has 110 valence electrons. The van der Waals surface area contributed by atoms with E-state index < -0.39 is 10.2 Å². The molecule has 1 aliphatic rings. The van der Waals surface area contributed by atoms with Crippen LogP contribution in [0.5, 0.6) is 0 Å². The molecule has 0 spiro atoms. The molecule has 2 aromatic rings. The Morgan fingerprint density at radius 2 is 2.20 bits per heavy atom. The van der Waals surface area contributed by atoms with E-state index in [1.165, 1.54) is 4.31 Å². The predicted octanol–water partition coefficient (Wildman–Crippen LogP) is 1.73. The number of aromatic nitrogens is 2. The van der Waals surface area contributed by atoms with Crippen molar-refractivity contribution in [2.45, 2.75) is 25.3 Å². The molecule has 0 aliphatic carbocycles. The lowest BCUT2D eigenvalue weighted by molar-refractivity contribution is 0.240. The van der Waals surface area contributed by atoms with Gasteiger partial charge in [-0.15, -0.1) is 11.3 Å². The summed E-state index contributed by atoms with van der Waals surface area (Å²) in [5.74, 6) is 0. The van der Waals surface area contributed by atoms with Crippen molar-refractivity contribution < 1.29 is 8.42 Å². The third kappa shape index (κ3) is 2.16. The van der Waals surface area contributed by atoms with Crippen molar-refractivity contribution in [1.29, 1.82) is 0 Å². The summed E-state index contributed by atoms with van der Waals surface area (Å²) in [5.41, 5.74) is 0.880. The van der Waals surface area contributed by atoms with E-state index in [1.54, 1.807) is 36.1 Å². The van der Waals surface area contributed by atoms with Crippen LogP contribution >= 0.6 is 11.3 Å². The molecule has 1 aliphatic heterocycles. The molecule has 6 nitrogen and oxygen atoms in total. The largest absolute Gasteiger partial charge is 0.297 e.